The molecule has 84 valence electrons. The molecular weight excluding hydrogens is 303 g/mol. The van der Waals surface area contributed by atoms with Gasteiger partial charge in [0, 0.05) is 17.5 Å². The van der Waals surface area contributed by atoms with Crippen molar-refractivity contribution in [3.05, 3.63) is 0 Å². The van der Waals surface area contributed by atoms with E-state index in [1.807, 2.05) is 0 Å². The van der Waals surface area contributed by atoms with E-state index >= 15 is 0 Å². The maximum absolute atomic E-state index is 9.72. The summed E-state index contributed by atoms with van der Waals surface area (Å²) in [4.78, 5) is 0. The van der Waals surface area contributed by atoms with E-state index < -0.39 is 24.6 Å². The van der Waals surface area contributed by atoms with E-state index in [4.69, 9.17) is 14.6 Å². The van der Waals surface area contributed by atoms with Crippen molar-refractivity contribution in [2.45, 2.75) is 24.6 Å². The fourth-order valence-electron chi connectivity index (χ4n) is 1.54. The monoisotopic (exact) mass is 318 g/mol. The molecule has 0 aromatic carbocycles. The first-order valence-corrected chi connectivity index (χ1v) is 5.89. The van der Waals surface area contributed by atoms with Gasteiger partial charge in [-0.2, -0.15) is 0 Å². The molecule has 1 fully saturated rings. The van der Waals surface area contributed by atoms with Gasteiger partial charge in [0.25, 0.3) is 0 Å². The third-order valence-corrected chi connectivity index (χ3v) is 3.45. The van der Waals surface area contributed by atoms with Crippen LogP contribution in [0.15, 0.2) is 0 Å². The lowest BCUT2D eigenvalue weighted by molar-refractivity contribution is -0.278. The third-order valence-electron chi connectivity index (χ3n) is 2.44. The number of halogens is 1. The van der Waals surface area contributed by atoms with Gasteiger partial charge in [-0.25, -0.2) is 0 Å². The van der Waals surface area contributed by atoms with Crippen LogP contribution < -0.4 is 0 Å². The Labute approximate surface area is 96.2 Å². The first kappa shape index (κ1) is 12.6. The Kier molecular flexibility index (Phi) is 5.01. The van der Waals surface area contributed by atoms with Crippen LogP contribution in [0.4, 0.5) is 0 Å². The van der Waals surface area contributed by atoms with E-state index in [9.17, 15) is 10.2 Å². The molecule has 0 aromatic rings. The second-order valence-electron chi connectivity index (χ2n) is 3.26. The molecule has 0 bridgehead atoms. The molecule has 0 saturated carbocycles. The van der Waals surface area contributed by atoms with Crippen LogP contribution in [0.25, 0.3) is 0 Å². The predicted octanol–water partition coefficient (Wildman–Crippen LogP) is -0.877. The normalized spacial score (nSPS) is 43.9. The predicted molar refractivity (Wildman–Crippen MR) is 57.1 cm³/mol. The van der Waals surface area contributed by atoms with Crippen molar-refractivity contribution in [1.29, 1.82) is 0 Å². The van der Waals surface area contributed by atoms with Crippen molar-refractivity contribution in [2.24, 2.45) is 5.92 Å². The van der Waals surface area contributed by atoms with Gasteiger partial charge in [0.05, 0.1) is 12.7 Å². The molecule has 0 amide bonds. The molecule has 1 aliphatic rings. The van der Waals surface area contributed by atoms with Gasteiger partial charge < -0.3 is 24.8 Å². The summed E-state index contributed by atoms with van der Waals surface area (Å²) >= 11 is 2.08. The smallest absolute Gasteiger partial charge is 0.184 e. The van der Waals surface area contributed by atoms with Gasteiger partial charge in [-0.3, -0.25) is 0 Å². The molecule has 6 heteroatoms. The van der Waals surface area contributed by atoms with E-state index in [-0.39, 0.29) is 12.5 Å². The first-order valence-electron chi connectivity index (χ1n) is 4.37. The van der Waals surface area contributed by atoms with E-state index in [0.717, 1.165) is 0 Å². The number of alkyl halides is 1. The quantitative estimate of drug-likeness (QED) is 0.465. The minimum absolute atomic E-state index is 0.277. The van der Waals surface area contributed by atoms with Crippen molar-refractivity contribution in [3.8, 4) is 0 Å². The van der Waals surface area contributed by atoms with Gasteiger partial charge in [0.2, 0.25) is 0 Å². The number of aliphatic hydroxyl groups is 3. The molecule has 1 aliphatic heterocycles. The Morgan fingerprint density at radius 3 is 2.43 bits per heavy atom. The summed E-state index contributed by atoms with van der Waals surface area (Å²) in [6.07, 6.45) is -3.15. The maximum atomic E-state index is 9.72. The number of aliphatic hydroxyl groups excluding tert-OH is 3. The number of ether oxygens (including phenoxy) is 2. The van der Waals surface area contributed by atoms with E-state index in [1.165, 1.54) is 7.11 Å². The number of hydrogen-bond acceptors (Lipinski definition) is 5. The SMILES string of the molecule is CO[C@@H]1O[C@H](CO)[C@H](O)[C@H](CI)[C@H]1O. The van der Waals surface area contributed by atoms with Crippen LogP contribution in [0.5, 0.6) is 0 Å². The van der Waals surface area contributed by atoms with Crippen LogP contribution in [-0.4, -0.2) is 58.1 Å². The molecule has 0 aromatic heterocycles. The molecular formula is C8H15IO5. The van der Waals surface area contributed by atoms with Crippen LogP contribution in [0.3, 0.4) is 0 Å². The van der Waals surface area contributed by atoms with Crippen molar-refractivity contribution in [2.75, 3.05) is 18.1 Å². The zero-order valence-corrected chi connectivity index (χ0v) is 9.99. The fourth-order valence-corrected chi connectivity index (χ4v) is 2.58. The van der Waals surface area contributed by atoms with Crippen molar-refractivity contribution < 1.29 is 24.8 Å². The van der Waals surface area contributed by atoms with Crippen molar-refractivity contribution in [3.63, 3.8) is 0 Å². The Morgan fingerprint density at radius 2 is 2.00 bits per heavy atom. The van der Waals surface area contributed by atoms with Gasteiger partial charge >= 0.3 is 0 Å². The highest BCUT2D eigenvalue weighted by molar-refractivity contribution is 14.1. The minimum Gasteiger partial charge on any atom is -0.394 e. The zero-order valence-electron chi connectivity index (χ0n) is 7.84. The molecule has 1 heterocycles. The Bertz CT molecular complexity index is 163. The Morgan fingerprint density at radius 1 is 1.36 bits per heavy atom. The van der Waals surface area contributed by atoms with Crippen molar-refractivity contribution in [1.82, 2.24) is 0 Å². The largest absolute Gasteiger partial charge is 0.394 e. The van der Waals surface area contributed by atoms with Gasteiger partial charge in [-0.1, -0.05) is 22.6 Å². The summed E-state index contributed by atoms with van der Waals surface area (Å²) in [6.45, 7) is -0.277. The molecule has 0 radical (unpaired) electrons. The molecule has 1 rings (SSSR count). The standard InChI is InChI=1S/C8H15IO5/c1-13-8-7(12)4(2-9)6(11)5(3-10)14-8/h4-8,10-12H,2-3H2,1H3/t4-,5+,6+,7+,8+/m0/s1. The van der Waals surface area contributed by atoms with Crippen LogP contribution in [0.2, 0.25) is 0 Å². The fraction of sp³-hybridized carbons (Fsp3) is 1.00. The average molecular weight is 318 g/mol. The Balaban J connectivity index is 2.72. The highest BCUT2D eigenvalue weighted by Gasteiger charge is 2.43. The van der Waals surface area contributed by atoms with Gasteiger partial charge in [-0.15, -0.1) is 0 Å². The average Bonchev–Trinajstić information content (AvgIpc) is 2.19. The Hall–Kier alpha value is 0.530. The molecule has 5 atom stereocenters. The topological polar surface area (TPSA) is 79.2 Å². The maximum Gasteiger partial charge on any atom is 0.184 e. The second kappa shape index (κ2) is 5.57. The molecule has 1 saturated heterocycles. The number of methoxy groups -OCH3 is 1. The lowest BCUT2D eigenvalue weighted by Crippen LogP contribution is -2.56. The second-order valence-corrected chi connectivity index (χ2v) is 4.14. The molecule has 0 aliphatic carbocycles. The van der Waals surface area contributed by atoms with E-state index in [1.54, 1.807) is 0 Å². The minimum atomic E-state index is -0.852. The molecule has 14 heavy (non-hydrogen) atoms. The summed E-state index contributed by atoms with van der Waals surface area (Å²) in [5.41, 5.74) is 0. The zero-order chi connectivity index (χ0) is 10.7. The highest BCUT2D eigenvalue weighted by Crippen LogP contribution is 2.27. The molecule has 5 nitrogen and oxygen atoms in total. The van der Waals surface area contributed by atoms with Gasteiger partial charge in [0.15, 0.2) is 6.29 Å². The van der Waals surface area contributed by atoms with Crippen LogP contribution in [0.1, 0.15) is 0 Å². The third kappa shape index (κ3) is 2.37. The summed E-state index contributed by atoms with van der Waals surface area (Å²) in [7, 11) is 1.42. The van der Waals surface area contributed by atoms with Crippen LogP contribution in [-0.2, 0) is 9.47 Å². The van der Waals surface area contributed by atoms with Crippen LogP contribution >= 0.6 is 22.6 Å². The van der Waals surface area contributed by atoms with Gasteiger partial charge in [-0.05, 0) is 0 Å². The lowest BCUT2D eigenvalue weighted by atomic mass is 9.91. The lowest BCUT2D eigenvalue weighted by Gasteiger charge is -2.40. The summed E-state index contributed by atoms with van der Waals surface area (Å²) in [5.74, 6) is -0.327. The first-order chi connectivity index (χ1) is 6.65. The van der Waals surface area contributed by atoms with E-state index in [2.05, 4.69) is 22.6 Å². The summed E-state index contributed by atoms with van der Waals surface area (Å²) in [5, 5.41) is 28.4. The van der Waals surface area contributed by atoms with Crippen molar-refractivity contribution >= 4 is 22.6 Å². The van der Waals surface area contributed by atoms with E-state index in [0.29, 0.717) is 4.43 Å². The molecule has 0 unspecified atom stereocenters. The highest BCUT2D eigenvalue weighted by atomic mass is 127. The molecule has 3 N–H and O–H groups in total. The van der Waals surface area contributed by atoms with Crippen LogP contribution in [0, 0.1) is 5.92 Å². The van der Waals surface area contributed by atoms with Gasteiger partial charge in [0.1, 0.15) is 12.2 Å². The summed E-state index contributed by atoms with van der Waals surface area (Å²) in [6, 6.07) is 0. The molecule has 0 spiro atoms. The number of rotatable bonds is 3. The number of hydrogen-bond donors (Lipinski definition) is 3. The summed E-state index contributed by atoms with van der Waals surface area (Å²) < 4.78 is 10.7.